The Morgan fingerprint density at radius 2 is 1.72 bits per heavy atom. The van der Waals surface area contributed by atoms with E-state index < -0.39 is 112 Å². The summed E-state index contributed by atoms with van der Waals surface area (Å²) in [4.78, 5) is 56.8. The number of alkyl carbamates (subject to hydrolysis) is 1. The number of esters is 3. The highest BCUT2D eigenvalue weighted by molar-refractivity contribution is 5.89. The molecule has 0 radical (unpaired) electrons. The minimum atomic E-state index is -2.02. The Hall–Kier alpha value is -3.60. The van der Waals surface area contributed by atoms with Crippen molar-refractivity contribution in [1.29, 1.82) is 0 Å². The van der Waals surface area contributed by atoms with E-state index in [1.54, 1.807) is 65.0 Å². The summed E-state index contributed by atoms with van der Waals surface area (Å²) < 4.78 is 44.8. The fourth-order valence-corrected chi connectivity index (χ4v) is 11.0. The lowest BCUT2D eigenvalue weighted by atomic mass is 9.45. The number of ether oxygens (including phenoxy) is 7. The van der Waals surface area contributed by atoms with E-state index in [-0.39, 0.29) is 18.6 Å². The second-order valence-corrected chi connectivity index (χ2v) is 19.9. The van der Waals surface area contributed by atoms with Crippen LogP contribution in [0.3, 0.4) is 0 Å². The largest absolute Gasteiger partial charge is 0.456 e. The molecule has 3 saturated heterocycles. The lowest BCUT2D eigenvalue weighted by Crippen LogP contribution is -2.79. The van der Waals surface area contributed by atoms with Crippen molar-refractivity contribution in [1.82, 2.24) is 10.2 Å². The summed E-state index contributed by atoms with van der Waals surface area (Å²) >= 11 is 0. The fourth-order valence-electron chi connectivity index (χ4n) is 11.0. The number of benzene rings is 1. The van der Waals surface area contributed by atoms with Crippen molar-refractivity contribution < 1.29 is 62.5 Å². The minimum absolute atomic E-state index is 0.00355. The van der Waals surface area contributed by atoms with Gasteiger partial charge >= 0.3 is 24.0 Å². The van der Waals surface area contributed by atoms with Crippen LogP contribution in [0.25, 0.3) is 0 Å². The third-order valence-corrected chi connectivity index (χ3v) is 14.2. The van der Waals surface area contributed by atoms with Gasteiger partial charge in [0.15, 0.2) is 18.0 Å². The van der Waals surface area contributed by atoms with Crippen LogP contribution in [0.15, 0.2) is 41.5 Å². The molecule has 3 heterocycles. The monoisotopic (exact) mass is 840 g/mol. The zero-order valence-electron chi connectivity index (χ0n) is 36.6. The first-order valence-electron chi connectivity index (χ1n) is 21.4. The van der Waals surface area contributed by atoms with Gasteiger partial charge in [0.1, 0.15) is 35.6 Å². The first kappa shape index (κ1) is 44.5. The van der Waals surface area contributed by atoms with E-state index in [4.69, 9.17) is 33.2 Å². The standard InChI is InChI=1S/C45H64N2O13/c1-24(2)32(46-40(52)60-41(5,6)7)33(49)39(51)55-28-21-45(53)37(58-38(50)27-15-12-11-13-16-27)35-43(10,18-17-29-44(35,23-54-29)59-26(4)48)36-34(31(25(28)3)42(45,8)9)56-30(57-36)22-47-19-14-20-47/h11-13,15-16,24,28-30,32-37,49,53H,14,17-23H2,1-10H3,(H,46,52)/t28-,29+,30+,32-,33+,34+,35-,36+,37-,43+,44-,45+/m0/s1. The third-order valence-electron chi connectivity index (χ3n) is 14.2. The smallest absolute Gasteiger partial charge is 0.407 e. The normalized spacial score (nSPS) is 36.7. The molecule has 60 heavy (non-hydrogen) atoms. The number of hydrogen-bond acceptors (Lipinski definition) is 14. The van der Waals surface area contributed by atoms with Crippen LogP contribution in [0.5, 0.6) is 0 Å². The first-order chi connectivity index (χ1) is 28.0. The van der Waals surface area contributed by atoms with Gasteiger partial charge in [-0.3, -0.25) is 9.69 Å². The highest BCUT2D eigenvalue weighted by Crippen LogP contribution is 2.66. The average Bonchev–Trinajstić information content (AvgIpc) is 3.55. The number of aliphatic hydroxyl groups excluding tert-OH is 1. The van der Waals surface area contributed by atoms with Gasteiger partial charge in [0, 0.05) is 30.7 Å². The molecule has 3 N–H and O–H groups in total. The number of likely N-dealkylation sites (tertiary alicyclic amines) is 1. The van der Waals surface area contributed by atoms with Crippen molar-refractivity contribution in [2.24, 2.45) is 22.7 Å². The summed E-state index contributed by atoms with van der Waals surface area (Å²) in [6.07, 6.45) is -6.07. The van der Waals surface area contributed by atoms with E-state index in [0.29, 0.717) is 30.5 Å². The Bertz CT molecular complexity index is 1860. The average molecular weight is 841 g/mol. The fraction of sp³-hybridized carbons (Fsp3) is 0.733. The topological polar surface area (TPSA) is 189 Å². The molecule has 1 aromatic rings. The Morgan fingerprint density at radius 3 is 2.28 bits per heavy atom. The van der Waals surface area contributed by atoms with Crippen LogP contribution in [0.1, 0.15) is 105 Å². The van der Waals surface area contributed by atoms with Crippen LogP contribution in [0.4, 0.5) is 4.79 Å². The summed E-state index contributed by atoms with van der Waals surface area (Å²) in [6, 6.07) is 7.38. The van der Waals surface area contributed by atoms with Gasteiger partial charge < -0.3 is 48.7 Å². The summed E-state index contributed by atoms with van der Waals surface area (Å²) in [6.45, 7) is 19.8. The molecule has 0 aromatic heterocycles. The molecule has 0 spiro atoms. The minimum Gasteiger partial charge on any atom is -0.456 e. The molecule has 332 valence electrons. The zero-order valence-corrected chi connectivity index (χ0v) is 36.6. The van der Waals surface area contributed by atoms with Gasteiger partial charge in [-0.1, -0.05) is 52.8 Å². The van der Waals surface area contributed by atoms with Crippen LogP contribution in [-0.2, 0) is 42.7 Å². The molecule has 1 amide bonds. The molecule has 5 fully saturated rings. The number of fused-ring (bicyclic) bond motifs is 8. The molecule has 0 unspecified atom stereocenters. The number of nitrogens with one attached hydrogen (secondary N) is 1. The lowest BCUT2D eigenvalue weighted by Gasteiger charge is -2.68. The maximum absolute atomic E-state index is 14.4. The third kappa shape index (κ3) is 7.65. The van der Waals surface area contributed by atoms with Crippen LogP contribution in [0, 0.1) is 22.7 Å². The SMILES string of the molecule is CC(=O)O[C@@]12CO[C@@H]1CC[C@@]1(C)[C@@H]3O[C@H](CN4CCC4)O[C@@H]3C3=C(C)[C@@H](OC(=O)[C@H](O)[C@@H](NC(=O)OC(C)(C)C)C(C)C)C[C@@](O)([C@@H](OC(=O)c4ccccc4)[C@@H]12)C3(C)C. The van der Waals surface area contributed by atoms with Crippen LogP contribution in [0.2, 0.25) is 0 Å². The predicted octanol–water partition coefficient (Wildman–Crippen LogP) is 4.46. The number of aliphatic hydroxyl groups is 2. The van der Waals surface area contributed by atoms with Crippen molar-refractivity contribution >= 4 is 24.0 Å². The van der Waals surface area contributed by atoms with Crippen molar-refractivity contribution in [3.63, 3.8) is 0 Å². The summed E-state index contributed by atoms with van der Waals surface area (Å²) in [7, 11) is 0. The van der Waals surface area contributed by atoms with Crippen molar-refractivity contribution in [2.45, 2.75) is 161 Å². The Morgan fingerprint density at radius 1 is 1.03 bits per heavy atom. The van der Waals surface area contributed by atoms with Crippen LogP contribution >= 0.6 is 0 Å². The number of amides is 1. The molecular formula is C45H64N2O13. The molecule has 12 atom stereocenters. The Kier molecular flexibility index (Phi) is 11.8. The molecule has 2 bridgehead atoms. The van der Waals surface area contributed by atoms with E-state index in [1.165, 1.54) is 6.92 Å². The van der Waals surface area contributed by atoms with Gasteiger partial charge in [-0.2, -0.15) is 0 Å². The summed E-state index contributed by atoms with van der Waals surface area (Å²) in [5.74, 6) is -3.61. The highest BCUT2D eigenvalue weighted by Gasteiger charge is 2.77. The maximum Gasteiger partial charge on any atom is 0.407 e. The van der Waals surface area contributed by atoms with Crippen molar-refractivity contribution in [2.75, 3.05) is 26.2 Å². The quantitative estimate of drug-likeness (QED) is 0.170. The number of nitrogens with zero attached hydrogens (tertiary/aromatic N) is 1. The van der Waals surface area contributed by atoms with E-state index in [0.717, 1.165) is 19.5 Å². The van der Waals surface area contributed by atoms with Crippen molar-refractivity contribution in [3.8, 4) is 0 Å². The van der Waals surface area contributed by atoms with Gasteiger partial charge in [0.05, 0.1) is 30.2 Å². The zero-order chi connectivity index (χ0) is 43.7. The van der Waals surface area contributed by atoms with Gasteiger partial charge in [0.2, 0.25) is 0 Å². The van der Waals surface area contributed by atoms with Crippen molar-refractivity contribution in [3.05, 3.63) is 47.0 Å². The van der Waals surface area contributed by atoms with Gasteiger partial charge in [-0.05, 0) is 89.2 Å². The van der Waals surface area contributed by atoms with Crippen LogP contribution in [-0.4, -0.2) is 131 Å². The van der Waals surface area contributed by atoms with E-state index >= 15 is 0 Å². The van der Waals surface area contributed by atoms with Gasteiger partial charge in [0.25, 0.3) is 0 Å². The molecule has 15 nitrogen and oxygen atoms in total. The van der Waals surface area contributed by atoms with E-state index in [1.807, 2.05) is 27.7 Å². The number of carbonyl (C=O) groups excluding carboxylic acids is 4. The van der Waals surface area contributed by atoms with Gasteiger partial charge in [-0.25, -0.2) is 14.4 Å². The molecule has 1 aromatic carbocycles. The Labute approximate surface area is 352 Å². The molecule has 2 saturated carbocycles. The first-order valence-corrected chi connectivity index (χ1v) is 21.4. The van der Waals surface area contributed by atoms with Gasteiger partial charge in [-0.15, -0.1) is 0 Å². The second-order valence-electron chi connectivity index (χ2n) is 19.9. The Balaban J connectivity index is 1.37. The van der Waals surface area contributed by atoms with Crippen LogP contribution < -0.4 is 5.32 Å². The number of carbonyl (C=O) groups is 4. The highest BCUT2D eigenvalue weighted by atomic mass is 16.7. The van der Waals surface area contributed by atoms with E-state index in [2.05, 4.69) is 10.2 Å². The molecule has 7 rings (SSSR count). The number of rotatable bonds is 10. The molecule has 15 heteroatoms. The molecular weight excluding hydrogens is 776 g/mol. The molecule has 3 aliphatic heterocycles. The summed E-state index contributed by atoms with van der Waals surface area (Å²) in [5, 5.41) is 28.0. The van der Waals surface area contributed by atoms with E-state index in [9.17, 15) is 29.4 Å². The number of hydrogen-bond donors (Lipinski definition) is 3. The predicted molar refractivity (Wildman–Crippen MR) is 215 cm³/mol. The lowest BCUT2D eigenvalue weighted by molar-refractivity contribution is -0.345. The second kappa shape index (κ2) is 15.9. The molecule has 3 aliphatic carbocycles. The summed E-state index contributed by atoms with van der Waals surface area (Å²) in [5.41, 5.74) is -4.88. The maximum atomic E-state index is 14.4. The molecule has 6 aliphatic rings.